The second kappa shape index (κ2) is 7.47. The fourth-order valence-electron chi connectivity index (χ4n) is 3.50. The van der Waals surface area contributed by atoms with Crippen LogP contribution in [0.4, 0.5) is 17.6 Å². The zero-order valence-corrected chi connectivity index (χ0v) is 16.8. The summed E-state index contributed by atoms with van der Waals surface area (Å²) in [6.07, 6.45) is -3.71. The number of sulfonamides is 1. The normalized spacial score (nSPS) is 17.0. The van der Waals surface area contributed by atoms with Gasteiger partial charge < -0.3 is 0 Å². The van der Waals surface area contributed by atoms with Crippen LogP contribution in [0.2, 0.25) is 5.02 Å². The molecule has 1 aliphatic rings. The van der Waals surface area contributed by atoms with E-state index < -0.39 is 27.6 Å². The molecule has 0 N–H and O–H groups in total. The minimum atomic E-state index is -4.47. The highest BCUT2D eigenvalue weighted by Crippen LogP contribution is 2.33. The van der Waals surface area contributed by atoms with E-state index in [9.17, 15) is 26.0 Å². The lowest BCUT2D eigenvalue weighted by molar-refractivity contribution is -0.137. The Labute approximate surface area is 174 Å². The SMILES string of the molecule is O=S(=O)(c1ccc(Cl)c(F)c1)N1CCC(n2nnc3cc(C(F)(F)F)ccc32)CC1. The van der Waals surface area contributed by atoms with Crippen LogP contribution < -0.4 is 0 Å². The van der Waals surface area contributed by atoms with E-state index in [1.165, 1.54) is 27.2 Å². The third-order valence-electron chi connectivity index (χ3n) is 5.10. The van der Waals surface area contributed by atoms with Crippen molar-refractivity contribution in [3.8, 4) is 0 Å². The Kier molecular flexibility index (Phi) is 5.23. The number of alkyl halides is 3. The van der Waals surface area contributed by atoms with Crippen molar-refractivity contribution in [2.24, 2.45) is 0 Å². The van der Waals surface area contributed by atoms with Crippen molar-refractivity contribution >= 4 is 32.7 Å². The van der Waals surface area contributed by atoms with Gasteiger partial charge in [0.15, 0.2) is 0 Å². The zero-order valence-electron chi connectivity index (χ0n) is 15.3. The van der Waals surface area contributed by atoms with Gasteiger partial charge in [-0.1, -0.05) is 16.8 Å². The molecule has 0 atom stereocenters. The summed E-state index contributed by atoms with van der Waals surface area (Å²) in [6, 6.07) is 6.32. The Morgan fingerprint density at radius 1 is 1.07 bits per heavy atom. The summed E-state index contributed by atoms with van der Waals surface area (Å²) in [5.41, 5.74) is -0.237. The van der Waals surface area contributed by atoms with Crippen molar-refractivity contribution < 1.29 is 26.0 Å². The van der Waals surface area contributed by atoms with Crippen molar-refractivity contribution in [3.63, 3.8) is 0 Å². The monoisotopic (exact) mass is 462 g/mol. The molecule has 6 nitrogen and oxygen atoms in total. The summed E-state index contributed by atoms with van der Waals surface area (Å²) in [5.74, 6) is -0.820. The molecular weight excluding hydrogens is 448 g/mol. The molecule has 1 aromatic heterocycles. The summed E-state index contributed by atoms with van der Waals surface area (Å²) in [7, 11) is -3.89. The van der Waals surface area contributed by atoms with E-state index in [-0.39, 0.29) is 34.6 Å². The van der Waals surface area contributed by atoms with Crippen LogP contribution in [0.3, 0.4) is 0 Å². The molecule has 0 bridgehead atoms. The number of fused-ring (bicyclic) bond motifs is 1. The van der Waals surface area contributed by atoms with Crippen LogP contribution in [-0.4, -0.2) is 40.8 Å². The quantitative estimate of drug-likeness (QED) is 0.545. The molecule has 0 amide bonds. The first-order valence-corrected chi connectivity index (χ1v) is 10.8. The van der Waals surface area contributed by atoms with Crippen LogP contribution in [0.5, 0.6) is 0 Å². The highest BCUT2D eigenvalue weighted by molar-refractivity contribution is 7.89. The number of aromatic nitrogens is 3. The molecule has 0 aliphatic carbocycles. The van der Waals surface area contributed by atoms with E-state index in [2.05, 4.69) is 10.3 Å². The number of hydrogen-bond acceptors (Lipinski definition) is 4. The van der Waals surface area contributed by atoms with E-state index in [1.54, 1.807) is 0 Å². The van der Waals surface area contributed by atoms with E-state index >= 15 is 0 Å². The molecule has 0 spiro atoms. The summed E-state index contributed by atoms with van der Waals surface area (Å²) in [6.45, 7) is 0.304. The van der Waals surface area contributed by atoms with Crippen molar-refractivity contribution in [1.82, 2.24) is 19.3 Å². The van der Waals surface area contributed by atoms with Crippen LogP contribution in [0.15, 0.2) is 41.3 Å². The van der Waals surface area contributed by atoms with E-state index in [0.29, 0.717) is 18.4 Å². The van der Waals surface area contributed by atoms with Crippen molar-refractivity contribution in [3.05, 3.63) is 52.8 Å². The molecule has 3 aromatic rings. The third-order valence-corrected chi connectivity index (χ3v) is 7.30. The van der Waals surface area contributed by atoms with Gasteiger partial charge in [0, 0.05) is 13.1 Å². The van der Waals surface area contributed by atoms with Crippen LogP contribution in [0.1, 0.15) is 24.4 Å². The van der Waals surface area contributed by atoms with Gasteiger partial charge in [-0.25, -0.2) is 17.5 Å². The highest BCUT2D eigenvalue weighted by Gasteiger charge is 2.33. The fourth-order valence-corrected chi connectivity index (χ4v) is 5.10. The zero-order chi connectivity index (χ0) is 21.7. The van der Waals surface area contributed by atoms with Crippen molar-refractivity contribution in [2.75, 3.05) is 13.1 Å². The van der Waals surface area contributed by atoms with E-state index in [0.717, 1.165) is 18.2 Å². The van der Waals surface area contributed by atoms with Crippen LogP contribution in [0, 0.1) is 5.82 Å². The van der Waals surface area contributed by atoms with Gasteiger partial charge in [-0.2, -0.15) is 17.5 Å². The van der Waals surface area contributed by atoms with Crippen LogP contribution in [-0.2, 0) is 16.2 Å². The molecule has 1 fully saturated rings. The third kappa shape index (κ3) is 3.77. The number of piperidine rings is 1. The lowest BCUT2D eigenvalue weighted by Gasteiger charge is -2.31. The molecule has 1 aliphatic heterocycles. The summed E-state index contributed by atoms with van der Waals surface area (Å²) in [4.78, 5) is -0.186. The maximum Gasteiger partial charge on any atom is 0.416 e. The lowest BCUT2D eigenvalue weighted by atomic mass is 10.1. The van der Waals surface area contributed by atoms with Gasteiger partial charge in [-0.05, 0) is 49.2 Å². The first-order valence-electron chi connectivity index (χ1n) is 8.95. The highest BCUT2D eigenvalue weighted by atomic mass is 35.5. The average Bonchev–Trinajstić information content (AvgIpc) is 3.12. The minimum Gasteiger partial charge on any atom is -0.242 e. The van der Waals surface area contributed by atoms with Gasteiger partial charge in [0.1, 0.15) is 11.3 Å². The summed E-state index contributed by atoms with van der Waals surface area (Å²) in [5, 5.41) is 7.64. The Hall–Kier alpha value is -2.24. The first kappa shape index (κ1) is 21.0. The van der Waals surface area contributed by atoms with E-state index in [4.69, 9.17) is 11.6 Å². The van der Waals surface area contributed by atoms with Crippen LogP contribution >= 0.6 is 11.6 Å². The summed E-state index contributed by atoms with van der Waals surface area (Å²) >= 11 is 5.61. The standard InChI is InChI=1S/C18H15ClF4N4O2S/c19-14-3-2-13(10-15(14)20)30(28,29)26-7-5-12(6-8-26)27-17-4-1-11(18(21,22)23)9-16(17)24-25-27/h1-4,9-10,12H,5-8H2. The lowest BCUT2D eigenvalue weighted by Crippen LogP contribution is -2.39. The Morgan fingerprint density at radius 2 is 1.77 bits per heavy atom. The number of benzene rings is 2. The average molecular weight is 463 g/mol. The second-order valence-electron chi connectivity index (χ2n) is 6.95. The van der Waals surface area contributed by atoms with Crippen molar-refractivity contribution in [2.45, 2.75) is 30.0 Å². The molecule has 0 unspecified atom stereocenters. The maximum atomic E-state index is 13.7. The predicted octanol–water partition coefficient (Wildman–Crippen LogP) is 4.27. The molecule has 12 heteroatoms. The summed E-state index contributed by atoms with van der Waals surface area (Å²) < 4.78 is 80.6. The van der Waals surface area contributed by atoms with Gasteiger partial charge in [-0.3, -0.25) is 0 Å². The van der Waals surface area contributed by atoms with Gasteiger partial charge >= 0.3 is 6.18 Å². The molecular formula is C18H15ClF4N4O2S. The molecule has 0 radical (unpaired) electrons. The Balaban J connectivity index is 1.52. The number of rotatable bonds is 3. The molecule has 2 heterocycles. The topological polar surface area (TPSA) is 68.1 Å². The Bertz CT molecular complexity index is 1200. The molecule has 1 saturated heterocycles. The number of hydrogen-bond donors (Lipinski definition) is 0. The van der Waals surface area contributed by atoms with Gasteiger partial charge in [0.05, 0.1) is 27.0 Å². The predicted molar refractivity (Wildman–Crippen MR) is 101 cm³/mol. The van der Waals surface area contributed by atoms with Crippen LogP contribution in [0.25, 0.3) is 11.0 Å². The molecule has 160 valence electrons. The van der Waals surface area contributed by atoms with E-state index in [1.807, 2.05) is 0 Å². The smallest absolute Gasteiger partial charge is 0.242 e. The number of halogens is 5. The number of nitrogens with zero attached hydrogens (tertiary/aromatic N) is 4. The maximum absolute atomic E-state index is 13.7. The molecule has 0 saturated carbocycles. The second-order valence-corrected chi connectivity index (χ2v) is 9.29. The van der Waals surface area contributed by atoms with Gasteiger partial charge in [-0.15, -0.1) is 5.10 Å². The largest absolute Gasteiger partial charge is 0.416 e. The fraction of sp³-hybridized carbons (Fsp3) is 0.333. The molecule has 2 aromatic carbocycles. The van der Waals surface area contributed by atoms with Gasteiger partial charge in [0.2, 0.25) is 10.0 Å². The Morgan fingerprint density at radius 3 is 2.40 bits per heavy atom. The minimum absolute atomic E-state index is 0.122. The van der Waals surface area contributed by atoms with Crippen molar-refractivity contribution in [1.29, 1.82) is 0 Å². The molecule has 30 heavy (non-hydrogen) atoms. The van der Waals surface area contributed by atoms with Gasteiger partial charge in [0.25, 0.3) is 0 Å². The molecule has 4 rings (SSSR count). The first-order chi connectivity index (χ1) is 14.1.